The SMILES string of the molecule is CCNC(c1cc(C)ccn1)c1sccc1Br. The van der Waals surface area contributed by atoms with Crippen LogP contribution >= 0.6 is 27.3 Å². The number of hydrogen-bond donors (Lipinski definition) is 1. The average Bonchev–Trinajstić information content (AvgIpc) is 2.72. The molecule has 90 valence electrons. The summed E-state index contributed by atoms with van der Waals surface area (Å²) in [4.78, 5) is 5.76. The minimum Gasteiger partial charge on any atom is -0.305 e. The van der Waals surface area contributed by atoms with Gasteiger partial charge in [0.1, 0.15) is 0 Å². The Labute approximate surface area is 114 Å². The van der Waals surface area contributed by atoms with Gasteiger partial charge in [0.15, 0.2) is 0 Å². The minimum atomic E-state index is 0.175. The molecule has 2 heterocycles. The largest absolute Gasteiger partial charge is 0.305 e. The van der Waals surface area contributed by atoms with Crippen LogP contribution in [0.15, 0.2) is 34.2 Å². The van der Waals surface area contributed by atoms with Crippen molar-refractivity contribution < 1.29 is 0 Å². The van der Waals surface area contributed by atoms with Crippen molar-refractivity contribution in [3.05, 3.63) is 50.4 Å². The van der Waals surface area contributed by atoms with E-state index < -0.39 is 0 Å². The summed E-state index contributed by atoms with van der Waals surface area (Å²) in [5, 5.41) is 5.58. The topological polar surface area (TPSA) is 24.9 Å². The van der Waals surface area contributed by atoms with Crippen molar-refractivity contribution in [2.75, 3.05) is 6.54 Å². The normalized spacial score (nSPS) is 12.6. The van der Waals surface area contributed by atoms with Crippen molar-refractivity contribution in [1.82, 2.24) is 10.3 Å². The number of aromatic nitrogens is 1. The zero-order chi connectivity index (χ0) is 12.3. The highest BCUT2D eigenvalue weighted by atomic mass is 79.9. The van der Waals surface area contributed by atoms with Gasteiger partial charge in [0.25, 0.3) is 0 Å². The molecule has 4 heteroatoms. The zero-order valence-corrected chi connectivity index (χ0v) is 12.3. The first kappa shape index (κ1) is 12.7. The Morgan fingerprint density at radius 1 is 1.47 bits per heavy atom. The number of nitrogens with one attached hydrogen (secondary N) is 1. The predicted molar refractivity (Wildman–Crippen MR) is 76.5 cm³/mol. The Morgan fingerprint density at radius 2 is 2.29 bits per heavy atom. The molecule has 0 bridgehead atoms. The van der Waals surface area contributed by atoms with Crippen molar-refractivity contribution in [2.45, 2.75) is 19.9 Å². The highest BCUT2D eigenvalue weighted by molar-refractivity contribution is 9.10. The van der Waals surface area contributed by atoms with Crippen molar-refractivity contribution in [1.29, 1.82) is 0 Å². The molecule has 0 spiro atoms. The summed E-state index contributed by atoms with van der Waals surface area (Å²) in [7, 11) is 0. The number of thiophene rings is 1. The van der Waals surface area contributed by atoms with Gasteiger partial charge in [-0.15, -0.1) is 11.3 Å². The Balaban J connectivity index is 2.39. The fraction of sp³-hybridized carbons (Fsp3) is 0.308. The lowest BCUT2D eigenvalue weighted by molar-refractivity contribution is 0.622. The number of halogens is 1. The Morgan fingerprint density at radius 3 is 2.88 bits per heavy atom. The Hall–Kier alpha value is -0.710. The van der Waals surface area contributed by atoms with Gasteiger partial charge in [-0.2, -0.15) is 0 Å². The number of aryl methyl sites for hydroxylation is 1. The van der Waals surface area contributed by atoms with Gasteiger partial charge < -0.3 is 5.32 Å². The number of pyridine rings is 1. The van der Waals surface area contributed by atoms with E-state index >= 15 is 0 Å². The molecule has 17 heavy (non-hydrogen) atoms. The first-order valence-corrected chi connectivity index (χ1v) is 7.28. The zero-order valence-electron chi connectivity index (χ0n) is 9.90. The van der Waals surface area contributed by atoms with Crippen LogP contribution in [-0.2, 0) is 0 Å². The summed E-state index contributed by atoms with van der Waals surface area (Å²) in [5.74, 6) is 0. The molecule has 0 aliphatic heterocycles. The summed E-state index contributed by atoms with van der Waals surface area (Å²) in [6.07, 6.45) is 1.87. The molecule has 0 radical (unpaired) electrons. The predicted octanol–water partition coefficient (Wildman–Crippen LogP) is 3.91. The molecule has 2 nitrogen and oxygen atoms in total. The monoisotopic (exact) mass is 310 g/mol. The van der Waals surface area contributed by atoms with Gasteiger partial charge in [-0.25, -0.2) is 0 Å². The first-order valence-electron chi connectivity index (χ1n) is 5.61. The summed E-state index contributed by atoms with van der Waals surface area (Å²) >= 11 is 5.34. The van der Waals surface area contributed by atoms with E-state index in [-0.39, 0.29) is 6.04 Å². The van der Waals surface area contributed by atoms with Crippen molar-refractivity contribution in [2.24, 2.45) is 0 Å². The molecule has 2 aromatic heterocycles. The second-order valence-electron chi connectivity index (χ2n) is 3.88. The third kappa shape index (κ3) is 2.94. The van der Waals surface area contributed by atoms with Crippen molar-refractivity contribution in [3.63, 3.8) is 0 Å². The molecule has 0 fully saturated rings. The van der Waals surface area contributed by atoms with Gasteiger partial charge in [-0.05, 0) is 58.5 Å². The number of nitrogens with zero attached hydrogens (tertiary/aromatic N) is 1. The molecular formula is C13H15BrN2S. The Bertz CT molecular complexity index is 496. The third-order valence-electron chi connectivity index (χ3n) is 2.55. The number of hydrogen-bond acceptors (Lipinski definition) is 3. The van der Waals surface area contributed by atoms with E-state index in [2.05, 4.69) is 57.6 Å². The third-order valence-corrected chi connectivity index (χ3v) is 4.48. The highest BCUT2D eigenvalue weighted by Gasteiger charge is 2.18. The first-order chi connectivity index (χ1) is 8.22. The summed E-state index contributed by atoms with van der Waals surface area (Å²) in [6, 6.07) is 6.42. The van der Waals surface area contributed by atoms with Crippen LogP contribution < -0.4 is 5.32 Å². The molecule has 1 N–H and O–H groups in total. The number of rotatable bonds is 4. The molecule has 0 saturated heterocycles. The molecule has 0 amide bonds. The lowest BCUT2D eigenvalue weighted by atomic mass is 10.1. The van der Waals surface area contributed by atoms with Gasteiger partial charge in [0.05, 0.1) is 11.7 Å². The molecule has 0 aliphatic carbocycles. The molecular weight excluding hydrogens is 296 g/mol. The van der Waals surface area contributed by atoms with E-state index in [1.54, 1.807) is 11.3 Å². The molecule has 0 saturated carbocycles. The second kappa shape index (κ2) is 5.76. The van der Waals surface area contributed by atoms with Crippen molar-refractivity contribution >= 4 is 27.3 Å². The summed E-state index contributed by atoms with van der Waals surface area (Å²) in [5.41, 5.74) is 2.32. The van der Waals surface area contributed by atoms with Crippen LogP contribution in [0.2, 0.25) is 0 Å². The van der Waals surface area contributed by atoms with Crippen LogP contribution in [0.5, 0.6) is 0 Å². The molecule has 2 rings (SSSR count). The van der Waals surface area contributed by atoms with Gasteiger partial charge >= 0.3 is 0 Å². The van der Waals surface area contributed by atoms with Gasteiger partial charge in [0.2, 0.25) is 0 Å². The fourth-order valence-corrected chi connectivity index (χ4v) is 3.45. The molecule has 1 atom stereocenters. The minimum absolute atomic E-state index is 0.175. The summed E-state index contributed by atoms with van der Waals surface area (Å²) < 4.78 is 1.15. The maximum absolute atomic E-state index is 4.48. The fourth-order valence-electron chi connectivity index (χ4n) is 1.76. The van der Waals surface area contributed by atoms with Gasteiger partial charge in [0, 0.05) is 15.5 Å². The lowest BCUT2D eigenvalue weighted by Gasteiger charge is -2.17. The molecule has 1 unspecified atom stereocenters. The molecule has 0 aromatic carbocycles. The van der Waals surface area contributed by atoms with E-state index in [1.165, 1.54) is 10.4 Å². The highest BCUT2D eigenvalue weighted by Crippen LogP contribution is 2.32. The van der Waals surface area contributed by atoms with Crippen LogP contribution in [0.4, 0.5) is 0 Å². The Kier molecular flexibility index (Phi) is 4.31. The van der Waals surface area contributed by atoms with Crippen LogP contribution in [0, 0.1) is 6.92 Å². The van der Waals surface area contributed by atoms with Gasteiger partial charge in [-0.3, -0.25) is 4.98 Å². The quantitative estimate of drug-likeness (QED) is 0.926. The van der Waals surface area contributed by atoms with E-state index in [9.17, 15) is 0 Å². The second-order valence-corrected chi connectivity index (χ2v) is 5.68. The van der Waals surface area contributed by atoms with Crippen LogP contribution in [0.1, 0.15) is 29.1 Å². The standard InChI is InChI=1S/C13H15BrN2S/c1-3-15-12(13-10(14)5-7-17-13)11-8-9(2)4-6-16-11/h4-8,12,15H,3H2,1-2H3. The molecule has 2 aromatic rings. The maximum Gasteiger partial charge on any atom is 0.0856 e. The van der Waals surface area contributed by atoms with Crippen molar-refractivity contribution in [3.8, 4) is 0 Å². The van der Waals surface area contributed by atoms with E-state index in [0.717, 1.165) is 16.7 Å². The average molecular weight is 311 g/mol. The van der Waals surface area contributed by atoms with E-state index in [4.69, 9.17) is 0 Å². The summed E-state index contributed by atoms with van der Waals surface area (Å²) in [6.45, 7) is 5.13. The van der Waals surface area contributed by atoms with E-state index in [0.29, 0.717) is 0 Å². The van der Waals surface area contributed by atoms with Crippen LogP contribution in [-0.4, -0.2) is 11.5 Å². The lowest BCUT2D eigenvalue weighted by Crippen LogP contribution is -2.22. The maximum atomic E-state index is 4.48. The van der Waals surface area contributed by atoms with Crippen LogP contribution in [0.3, 0.4) is 0 Å². The smallest absolute Gasteiger partial charge is 0.0856 e. The van der Waals surface area contributed by atoms with Crippen LogP contribution in [0.25, 0.3) is 0 Å². The van der Waals surface area contributed by atoms with E-state index in [1.807, 2.05) is 12.3 Å². The van der Waals surface area contributed by atoms with Gasteiger partial charge in [-0.1, -0.05) is 6.92 Å². The molecule has 0 aliphatic rings.